The molecule has 0 atom stereocenters. The van der Waals surface area contributed by atoms with Crippen LogP contribution in [0.5, 0.6) is 0 Å². The Morgan fingerprint density at radius 2 is 2.17 bits per heavy atom. The number of rotatable bonds is 5. The van der Waals surface area contributed by atoms with Gasteiger partial charge in [-0.3, -0.25) is 4.79 Å². The quantitative estimate of drug-likeness (QED) is 0.455. The second-order valence-electron chi connectivity index (χ2n) is 2.47. The van der Waals surface area contributed by atoms with Gasteiger partial charge in [0.1, 0.15) is 13.0 Å². The zero-order chi connectivity index (χ0) is 9.40. The van der Waals surface area contributed by atoms with Gasteiger partial charge in [0.05, 0.1) is 18.8 Å². The third kappa shape index (κ3) is 7.03. The van der Waals surface area contributed by atoms with Gasteiger partial charge in [-0.15, -0.1) is 0 Å². The van der Waals surface area contributed by atoms with E-state index in [1.165, 1.54) is 0 Å². The van der Waals surface area contributed by atoms with E-state index in [1.807, 2.05) is 13.8 Å². The van der Waals surface area contributed by atoms with Crippen molar-refractivity contribution >= 4 is 5.97 Å². The Labute approximate surface area is 72.1 Å². The van der Waals surface area contributed by atoms with Crippen LogP contribution in [0.25, 0.3) is 0 Å². The van der Waals surface area contributed by atoms with E-state index in [-0.39, 0.29) is 19.1 Å². The third-order valence-electron chi connectivity index (χ3n) is 1.02. The molecule has 0 aliphatic carbocycles. The van der Waals surface area contributed by atoms with Crippen LogP contribution < -0.4 is 0 Å². The average molecular weight is 171 g/mol. The molecule has 0 radical (unpaired) electrons. The van der Waals surface area contributed by atoms with Crippen molar-refractivity contribution in [2.45, 2.75) is 26.4 Å². The van der Waals surface area contributed by atoms with Crippen molar-refractivity contribution in [3.8, 4) is 6.07 Å². The van der Waals surface area contributed by atoms with E-state index < -0.39 is 5.97 Å². The zero-order valence-corrected chi connectivity index (χ0v) is 7.37. The summed E-state index contributed by atoms with van der Waals surface area (Å²) in [6.45, 7) is 4.40. The predicted octanol–water partition coefficient (Wildman–Crippen LogP) is 0.868. The first kappa shape index (κ1) is 10.9. The molecule has 0 heterocycles. The van der Waals surface area contributed by atoms with E-state index in [9.17, 15) is 4.79 Å². The molecule has 68 valence electrons. The second-order valence-corrected chi connectivity index (χ2v) is 2.47. The molecule has 0 saturated heterocycles. The van der Waals surface area contributed by atoms with Gasteiger partial charge in [-0.2, -0.15) is 5.26 Å². The fourth-order valence-electron chi connectivity index (χ4n) is 0.555. The fourth-order valence-corrected chi connectivity index (χ4v) is 0.555. The summed E-state index contributed by atoms with van der Waals surface area (Å²) in [6.07, 6.45) is -0.0542. The van der Waals surface area contributed by atoms with Crippen molar-refractivity contribution < 1.29 is 14.3 Å². The Morgan fingerprint density at radius 3 is 2.67 bits per heavy atom. The highest BCUT2D eigenvalue weighted by Gasteiger charge is 2.00. The van der Waals surface area contributed by atoms with E-state index in [0.717, 1.165) is 0 Å². The largest absolute Gasteiger partial charge is 0.462 e. The van der Waals surface area contributed by atoms with Crippen molar-refractivity contribution in [1.82, 2.24) is 0 Å². The fraction of sp³-hybridized carbons (Fsp3) is 0.750. The molecule has 0 saturated carbocycles. The summed E-state index contributed by atoms with van der Waals surface area (Å²) in [5.41, 5.74) is 0. The van der Waals surface area contributed by atoms with Crippen molar-refractivity contribution in [3.63, 3.8) is 0 Å². The van der Waals surface area contributed by atoms with Crippen molar-refractivity contribution in [1.29, 1.82) is 5.26 Å². The topological polar surface area (TPSA) is 59.3 Å². The van der Waals surface area contributed by atoms with Crippen LogP contribution in [0.2, 0.25) is 0 Å². The number of carbonyl (C=O) groups excluding carboxylic acids is 1. The molecule has 12 heavy (non-hydrogen) atoms. The molecule has 4 heteroatoms. The van der Waals surface area contributed by atoms with Gasteiger partial charge in [0, 0.05) is 0 Å². The average Bonchev–Trinajstić information content (AvgIpc) is 1.98. The monoisotopic (exact) mass is 171 g/mol. The highest BCUT2D eigenvalue weighted by atomic mass is 16.6. The highest BCUT2D eigenvalue weighted by molar-refractivity contribution is 5.71. The van der Waals surface area contributed by atoms with Gasteiger partial charge in [-0.05, 0) is 13.8 Å². The summed E-state index contributed by atoms with van der Waals surface area (Å²) >= 11 is 0. The number of esters is 1. The van der Waals surface area contributed by atoms with Crippen molar-refractivity contribution in [2.24, 2.45) is 0 Å². The number of hydrogen-bond acceptors (Lipinski definition) is 4. The Hall–Kier alpha value is -1.08. The number of ether oxygens (including phenoxy) is 2. The molecular formula is C8H13NO3. The number of hydrogen-bond donors (Lipinski definition) is 0. The molecule has 0 amide bonds. The molecule has 0 unspecified atom stereocenters. The van der Waals surface area contributed by atoms with Gasteiger partial charge in [0.25, 0.3) is 0 Å². The minimum atomic E-state index is -0.496. The molecule has 0 aliphatic rings. The van der Waals surface area contributed by atoms with Gasteiger partial charge in [0.15, 0.2) is 0 Å². The Bertz CT molecular complexity index is 172. The molecule has 0 aliphatic heterocycles. The van der Waals surface area contributed by atoms with Gasteiger partial charge in [-0.1, -0.05) is 0 Å². The summed E-state index contributed by atoms with van der Waals surface area (Å²) < 4.78 is 9.76. The van der Waals surface area contributed by atoms with E-state index >= 15 is 0 Å². The summed E-state index contributed by atoms with van der Waals surface area (Å²) in [7, 11) is 0. The first-order valence-electron chi connectivity index (χ1n) is 3.81. The first-order chi connectivity index (χ1) is 5.66. The molecule has 0 fully saturated rings. The highest BCUT2D eigenvalue weighted by Crippen LogP contribution is 1.89. The zero-order valence-electron chi connectivity index (χ0n) is 7.37. The van der Waals surface area contributed by atoms with Crippen LogP contribution in [-0.2, 0) is 14.3 Å². The first-order valence-corrected chi connectivity index (χ1v) is 3.81. The second kappa shape index (κ2) is 6.62. The van der Waals surface area contributed by atoms with E-state index in [4.69, 9.17) is 10.00 Å². The van der Waals surface area contributed by atoms with Crippen molar-refractivity contribution in [2.75, 3.05) is 13.2 Å². The molecule has 0 aromatic rings. The lowest BCUT2D eigenvalue weighted by Gasteiger charge is -2.06. The molecule has 0 aromatic heterocycles. The molecule has 4 nitrogen and oxygen atoms in total. The lowest BCUT2D eigenvalue weighted by molar-refractivity contribution is -0.144. The van der Waals surface area contributed by atoms with Gasteiger partial charge in [-0.25, -0.2) is 0 Å². The number of nitriles is 1. The Balaban J connectivity index is 3.21. The van der Waals surface area contributed by atoms with Crippen LogP contribution in [-0.4, -0.2) is 25.3 Å². The van der Waals surface area contributed by atoms with E-state index in [0.29, 0.717) is 6.61 Å². The Morgan fingerprint density at radius 1 is 1.50 bits per heavy atom. The van der Waals surface area contributed by atoms with Gasteiger partial charge < -0.3 is 9.47 Å². The van der Waals surface area contributed by atoms with Crippen LogP contribution in [0.3, 0.4) is 0 Å². The molecule has 0 N–H and O–H groups in total. The lowest BCUT2D eigenvalue weighted by atomic mass is 10.5. The van der Waals surface area contributed by atoms with Crippen LogP contribution in [0, 0.1) is 11.3 Å². The predicted molar refractivity (Wildman–Crippen MR) is 42.3 cm³/mol. The Kier molecular flexibility index (Phi) is 6.02. The van der Waals surface area contributed by atoms with E-state index in [2.05, 4.69) is 4.74 Å². The minimum absolute atomic E-state index is 0.139. The number of nitrogens with zero attached hydrogens (tertiary/aromatic N) is 1. The lowest BCUT2D eigenvalue weighted by Crippen LogP contribution is -2.12. The van der Waals surface area contributed by atoms with Gasteiger partial charge in [0.2, 0.25) is 0 Å². The molecular weight excluding hydrogens is 158 g/mol. The normalized spacial score (nSPS) is 9.50. The maximum absolute atomic E-state index is 10.6. The minimum Gasteiger partial charge on any atom is -0.462 e. The number of carbonyl (C=O) groups is 1. The van der Waals surface area contributed by atoms with Crippen LogP contribution in [0.15, 0.2) is 0 Å². The third-order valence-corrected chi connectivity index (χ3v) is 1.02. The SMILES string of the molecule is CC(C)OCCOC(=O)CC#N. The summed E-state index contributed by atoms with van der Waals surface area (Å²) in [5, 5.41) is 8.10. The van der Waals surface area contributed by atoms with Crippen molar-refractivity contribution in [3.05, 3.63) is 0 Å². The van der Waals surface area contributed by atoms with Crippen LogP contribution in [0.4, 0.5) is 0 Å². The summed E-state index contributed by atoms with van der Waals surface area (Å²) in [4.78, 5) is 10.6. The molecule has 0 aromatic carbocycles. The molecule has 0 rings (SSSR count). The summed E-state index contributed by atoms with van der Waals surface area (Å²) in [6, 6.07) is 1.70. The van der Waals surface area contributed by atoms with Crippen LogP contribution in [0.1, 0.15) is 20.3 Å². The summed E-state index contributed by atoms with van der Waals surface area (Å²) in [5.74, 6) is -0.496. The standard InChI is InChI=1S/C8H13NO3/c1-7(2)11-5-6-12-8(10)3-4-9/h7H,3,5-6H2,1-2H3. The maximum Gasteiger partial charge on any atom is 0.320 e. The maximum atomic E-state index is 10.6. The van der Waals surface area contributed by atoms with Gasteiger partial charge >= 0.3 is 5.97 Å². The molecule has 0 spiro atoms. The smallest absolute Gasteiger partial charge is 0.320 e. The van der Waals surface area contributed by atoms with E-state index in [1.54, 1.807) is 6.07 Å². The molecule has 0 bridgehead atoms. The van der Waals surface area contributed by atoms with Crippen LogP contribution >= 0.6 is 0 Å².